The minimum absolute atomic E-state index is 0.0513. The van der Waals surface area contributed by atoms with Gasteiger partial charge in [0, 0.05) is 0 Å². The van der Waals surface area contributed by atoms with E-state index in [0.29, 0.717) is 6.61 Å². The van der Waals surface area contributed by atoms with Crippen molar-refractivity contribution in [1.82, 2.24) is 0 Å². The first kappa shape index (κ1) is 18.1. The van der Waals surface area contributed by atoms with Gasteiger partial charge in [-0.1, -0.05) is 0 Å². The molecule has 0 aromatic heterocycles. The Morgan fingerprint density at radius 1 is 1.00 bits per heavy atom. The SMILES string of the molecule is CCC[CH2][Sn]([CH2]CCC)([CH2]CCC)[C]1=CCCOC1=O. The van der Waals surface area contributed by atoms with Gasteiger partial charge in [-0.3, -0.25) is 0 Å². The summed E-state index contributed by atoms with van der Waals surface area (Å²) in [5, 5.41) is 0. The predicted octanol–water partition coefficient (Wildman–Crippen LogP) is 5.25. The van der Waals surface area contributed by atoms with Crippen molar-refractivity contribution in [2.75, 3.05) is 6.61 Å². The summed E-state index contributed by atoms with van der Waals surface area (Å²) >= 11 is -2.51. The Hall–Kier alpha value is 0.00870. The fourth-order valence-corrected chi connectivity index (χ4v) is 19.6. The standard InChI is InChI=1S/C5H5O2.3C4H9.Sn/c6-5-3-1-2-4-7-5;3*1-3-4-2;/h1H,2,4H2;3*1,3-4H2,2H3;. The molecule has 0 N–H and O–H groups in total. The topological polar surface area (TPSA) is 26.3 Å². The Morgan fingerprint density at radius 3 is 1.90 bits per heavy atom. The zero-order valence-corrected chi connectivity index (χ0v) is 16.5. The van der Waals surface area contributed by atoms with E-state index in [1.807, 2.05) is 0 Å². The molecule has 0 fully saturated rings. The summed E-state index contributed by atoms with van der Waals surface area (Å²) in [6, 6.07) is 0. The van der Waals surface area contributed by atoms with Gasteiger partial charge in [0.15, 0.2) is 0 Å². The van der Waals surface area contributed by atoms with E-state index in [1.54, 1.807) is 0 Å². The van der Waals surface area contributed by atoms with Gasteiger partial charge >= 0.3 is 129 Å². The summed E-state index contributed by atoms with van der Waals surface area (Å²) in [6.07, 6.45) is 10.9. The molecule has 0 aliphatic carbocycles. The third-order valence-corrected chi connectivity index (χ3v) is 20.2. The maximum absolute atomic E-state index is 12.3. The van der Waals surface area contributed by atoms with Crippen molar-refractivity contribution in [3.8, 4) is 0 Å². The third-order valence-electron chi connectivity index (χ3n) is 4.52. The molecule has 0 saturated carbocycles. The van der Waals surface area contributed by atoms with E-state index in [-0.39, 0.29) is 5.97 Å². The van der Waals surface area contributed by atoms with Crippen LogP contribution in [0.5, 0.6) is 0 Å². The second-order valence-corrected chi connectivity index (χ2v) is 19.3. The van der Waals surface area contributed by atoms with E-state index in [9.17, 15) is 4.79 Å². The molecule has 0 spiro atoms. The average Bonchev–Trinajstić information content (AvgIpc) is 2.48. The average molecular weight is 387 g/mol. The second-order valence-electron chi connectivity index (χ2n) is 6.13. The minimum atomic E-state index is -2.51. The van der Waals surface area contributed by atoms with Crippen LogP contribution in [0.3, 0.4) is 0 Å². The number of unbranched alkanes of at least 4 members (excludes halogenated alkanes) is 3. The molecule has 1 heterocycles. The Kier molecular flexibility index (Phi) is 8.90. The first-order valence-electron chi connectivity index (χ1n) is 8.58. The van der Waals surface area contributed by atoms with Gasteiger partial charge in [0.2, 0.25) is 0 Å². The summed E-state index contributed by atoms with van der Waals surface area (Å²) in [5.41, 5.74) is 0. The van der Waals surface area contributed by atoms with Gasteiger partial charge < -0.3 is 0 Å². The first-order valence-corrected chi connectivity index (χ1v) is 16.1. The molecule has 1 aliphatic heterocycles. The van der Waals surface area contributed by atoms with Crippen LogP contribution in [0.1, 0.15) is 65.7 Å². The predicted molar refractivity (Wildman–Crippen MR) is 88.6 cm³/mol. The molecule has 0 bridgehead atoms. The van der Waals surface area contributed by atoms with Crippen LogP contribution in [-0.2, 0) is 9.53 Å². The van der Waals surface area contributed by atoms with Crippen LogP contribution in [0.4, 0.5) is 0 Å². The van der Waals surface area contributed by atoms with Crippen LogP contribution in [0.15, 0.2) is 9.67 Å². The summed E-state index contributed by atoms with van der Waals surface area (Å²) in [6.45, 7) is 7.40. The van der Waals surface area contributed by atoms with Crippen molar-refractivity contribution in [1.29, 1.82) is 0 Å². The normalized spacial score (nSPS) is 15.9. The molecule has 0 atom stereocenters. The molecule has 0 saturated heterocycles. The van der Waals surface area contributed by atoms with Crippen molar-refractivity contribution in [2.45, 2.75) is 79.0 Å². The molecular formula is C17H32O2Sn. The molecule has 2 nitrogen and oxygen atoms in total. The van der Waals surface area contributed by atoms with E-state index < -0.39 is 18.4 Å². The van der Waals surface area contributed by atoms with Gasteiger partial charge in [0.05, 0.1) is 0 Å². The van der Waals surface area contributed by atoms with Crippen LogP contribution < -0.4 is 0 Å². The van der Waals surface area contributed by atoms with Gasteiger partial charge in [-0.25, -0.2) is 0 Å². The number of carbonyl (C=O) groups excluding carboxylic acids is 1. The number of carbonyl (C=O) groups is 1. The molecule has 0 aromatic carbocycles. The number of cyclic esters (lactones) is 1. The summed E-state index contributed by atoms with van der Waals surface area (Å²) in [7, 11) is 0. The Balaban J connectivity index is 2.97. The Morgan fingerprint density at radius 2 is 1.50 bits per heavy atom. The fourth-order valence-electron chi connectivity index (χ4n) is 3.27. The van der Waals surface area contributed by atoms with E-state index in [0.717, 1.165) is 6.42 Å². The van der Waals surface area contributed by atoms with Crippen LogP contribution in [0.25, 0.3) is 0 Å². The van der Waals surface area contributed by atoms with Crippen LogP contribution in [0, 0.1) is 0 Å². The molecule has 0 unspecified atom stereocenters. The second kappa shape index (κ2) is 9.86. The van der Waals surface area contributed by atoms with E-state index in [1.165, 1.54) is 55.4 Å². The van der Waals surface area contributed by atoms with E-state index >= 15 is 0 Å². The molecule has 0 amide bonds. The first-order chi connectivity index (χ1) is 9.70. The van der Waals surface area contributed by atoms with Crippen molar-refractivity contribution >= 4 is 24.3 Å². The molecule has 116 valence electrons. The number of ether oxygens (including phenoxy) is 1. The fraction of sp³-hybridized carbons (Fsp3) is 0.824. The summed E-state index contributed by atoms with van der Waals surface area (Å²) in [5.74, 6) is 0.0513. The number of rotatable bonds is 10. The molecule has 0 radical (unpaired) electrons. The van der Waals surface area contributed by atoms with Crippen molar-refractivity contribution < 1.29 is 9.53 Å². The quantitative estimate of drug-likeness (QED) is 0.378. The molecular weight excluding hydrogens is 355 g/mol. The van der Waals surface area contributed by atoms with Crippen LogP contribution >= 0.6 is 0 Å². The summed E-state index contributed by atoms with van der Waals surface area (Å²) < 4.78 is 10.7. The van der Waals surface area contributed by atoms with Crippen LogP contribution in [0.2, 0.25) is 13.3 Å². The van der Waals surface area contributed by atoms with Crippen molar-refractivity contribution in [3.05, 3.63) is 9.67 Å². The molecule has 3 heteroatoms. The van der Waals surface area contributed by atoms with E-state index in [2.05, 4.69) is 26.8 Å². The molecule has 0 aromatic rings. The molecule has 1 aliphatic rings. The zero-order chi connectivity index (χ0) is 14.8. The summed E-state index contributed by atoms with van der Waals surface area (Å²) in [4.78, 5) is 12.3. The third kappa shape index (κ3) is 5.08. The van der Waals surface area contributed by atoms with Gasteiger partial charge in [0.1, 0.15) is 0 Å². The number of hydrogen-bond acceptors (Lipinski definition) is 2. The molecule has 20 heavy (non-hydrogen) atoms. The number of esters is 1. The zero-order valence-electron chi connectivity index (χ0n) is 13.7. The van der Waals surface area contributed by atoms with Crippen molar-refractivity contribution in [2.24, 2.45) is 0 Å². The number of hydrogen-bond donors (Lipinski definition) is 0. The van der Waals surface area contributed by atoms with E-state index in [4.69, 9.17) is 4.74 Å². The van der Waals surface area contributed by atoms with Gasteiger partial charge in [-0.05, 0) is 0 Å². The molecule has 1 rings (SSSR count). The van der Waals surface area contributed by atoms with Crippen molar-refractivity contribution in [3.63, 3.8) is 0 Å². The monoisotopic (exact) mass is 388 g/mol. The van der Waals surface area contributed by atoms with Gasteiger partial charge in [0.25, 0.3) is 0 Å². The van der Waals surface area contributed by atoms with Gasteiger partial charge in [-0.15, -0.1) is 0 Å². The Bertz CT molecular complexity index is 301. The van der Waals surface area contributed by atoms with Crippen LogP contribution in [-0.4, -0.2) is 31.0 Å². The Labute approximate surface area is 129 Å². The maximum atomic E-state index is 12.3. The van der Waals surface area contributed by atoms with Gasteiger partial charge in [-0.2, -0.15) is 0 Å².